The SMILES string of the molecule is CCCCCCCCCCCCCCCCCC(=O)N(CCCCCCCCCCCC)CC(=O)[C@@H](O)[C@@H](O)[C@H](O)CO. The minimum Gasteiger partial charge on any atom is -0.394 e. The van der Waals surface area contributed by atoms with Gasteiger partial charge in [-0.05, 0) is 12.8 Å². The number of aliphatic hydroxyl groups is 4. The summed E-state index contributed by atoms with van der Waals surface area (Å²) in [6.45, 7) is 3.89. The number of unbranched alkanes of at least 4 members (excludes halogenated alkanes) is 23. The van der Waals surface area contributed by atoms with Crippen molar-refractivity contribution in [3.63, 3.8) is 0 Å². The molecule has 0 aromatic heterocycles. The third-order valence-corrected chi connectivity index (χ3v) is 8.71. The molecule has 4 N–H and O–H groups in total. The lowest BCUT2D eigenvalue weighted by Gasteiger charge is -2.26. The van der Waals surface area contributed by atoms with E-state index in [0.717, 1.165) is 38.5 Å². The van der Waals surface area contributed by atoms with Gasteiger partial charge in [0, 0.05) is 13.0 Å². The standard InChI is InChI=1S/C36H71NO6/c1-3-5-7-9-11-13-15-16-17-18-19-20-22-24-26-28-34(41)37(30-32(39)35(42)36(43)33(40)31-38)29-27-25-23-21-14-12-10-8-6-4-2/h33,35-36,38,40,42-43H,3-31H2,1-2H3/t33-,35-,36+/m1/s1. The fraction of sp³-hybridized carbons (Fsp3) is 0.944. The highest BCUT2D eigenvalue weighted by atomic mass is 16.4. The monoisotopic (exact) mass is 614 g/mol. The Morgan fingerprint density at radius 2 is 0.884 bits per heavy atom. The summed E-state index contributed by atoms with van der Waals surface area (Å²) in [6.07, 6.45) is 25.8. The molecule has 0 radical (unpaired) electrons. The van der Waals surface area contributed by atoms with Gasteiger partial charge < -0.3 is 25.3 Å². The first kappa shape index (κ1) is 42.0. The number of carbonyl (C=O) groups is 2. The van der Waals surface area contributed by atoms with Gasteiger partial charge >= 0.3 is 0 Å². The van der Waals surface area contributed by atoms with Gasteiger partial charge in [0.05, 0.1) is 13.2 Å². The number of hydrogen-bond acceptors (Lipinski definition) is 6. The second kappa shape index (κ2) is 31.0. The number of carbonyl (C=O) groups excluding carboxylic acids is 2. The van der Waals surface area contributed by atoms with Crippen LogP contribution >= 0.6 is 0 Å². The van der Waals surface area contributed by atoms with Crippen LogP contribution in [-0.2, 0) is 9.59 Å². The molecular formula is C36H71NO6. The lowest BCUT2D eigenvalue weighted by molar-refractivity contribution is -0.145. The van der Waals surface area contributed by atoms with Gasteiger partial charge in [-0.3, -0.25) is 9.59 Å². The Morgan fingerprint density at radius 1 is 0.535 bits per heavy atom. The predicted molar refractivity (Wildman–Crippen MR) is 178 cm³/mol. The molecule has 0 saturated carbocycles. The molecule has 7 heteroatoms. The molecular weight excluding hydrogens is 542 g/mol. The molecule has 0 aliphatic heterocycles. The van der Waals surface area contributed by atoms with E-state index >= 15 is 0 Å². The molecule has 0 fully saturated rings. The highest BCUT2D eigenvalue weighted by Gasteiger charge is 2.31. The van der Waals surface area contributed by atoms with Crippen molar-refractivity contribution in [3.05, 3.63) is 0 Å². The molecule has 0 heterocycles. The van der Waals surface area contributed by atoms with E-state index in [1.807, 2.05) is 0 Å². The zero-order valence-electron chi connectivity index (χ0n) is 28.3. The minimum absolute atomic E-state index is 0.0941. The molecule has 0 rings (SSSR count). The van der Waals surface area contributed by atoms with Crippen molar-refractivity contribution in [2.45, 2.75) is 199 Å². The summed E-state index contributed by atoms with van der Waals surface area (Å²) in [5.41, 5.74) is 0. The zero-order chi connectivity index (χ0) is 32.0. The second-order valence-corrected chi connectivity index (χ2v) is 12.8. The summed E-state index contributed by atoms with van der Waals surface area (Å²) < 4.78 is 0. The van der Waals surface area contributed by atoms with Gasteiger partial charge in [-0.15, -0.1) is 0 Å². The zero-order valence-corrected chi connectivity index (χ0v) is 28.3. The molecule has 7 nitrogen and oxygen atoms in total. The maximum absolute atomic E-state index is 13.0. The Kier molecular flexibility index (Phi) is 30.2. The van der Waals surface area contributed by atoms with Crippen molar-refractivity contribution in [2.75, 3.05) is 19.7 Å². The first-order valence-electron chi connectivity index (χ1n) is 18.3. The Labute approximate surface area is 265 Å². The molecule has 0 aromatic carbocycles. The van der Waals surface area contributed by atoms with Gasteiger partial charge in [-0.2, -0.15) is 0 Å². The average molecular weight is 614 g/mol. The first-order valence-corrected chi connectivity index (χ1v) is 18.3. The molecule has 256 valence electrons. The van der Waals surface area contributed by atoms with E-state index in [4.69, 9.17) is 5.11 Å². The smallest absolute Gasteiger partial charge is 0.222 e. The highest BCUT2D eigenvalue weighted by molar-refractivity contribution is 5.89. The third-order valence-electron chi connectivity index (χ3n) is 8.71. The molecule has 0 aliphatic carbocycles. The average Bonchev–Trinajstić information content (AvgIpc) is 3.01. The lowest BCUT2D eigenvalue weighted by Crippen LogP contribution is -2.48. The molecule has 0 aromatic rings. The number of amides is 1. The van der Waals surface area contributed by atoms with Crippen LogP contribution in [0.25, 0.3) is 0 Å². The van der Waals surface area contributed by atoms with E-state index in [0.29, 0.717) is 13.0 Å². The van der Waals surface area contributed by atoms with Crippen molar-refractivity contribution < 1.29 is 30.0 Å². The van der Waals surface area contributed by atoms with Crippen LogP contribution in [0.15, 0.2) is 0 Å². The van der Waals surface area contributed by atoms with Crippen LogP contribution in [0.2, 0.25) is 0 Å². The summed E-state index contributed by atoms with van der Waals surface area (Å²) in [5.74, 6) is -0.805. The third kappa shape index (κ3) is 24.9. The molecule has 3 atom stereocenters. The van der Waals surface area contributed by atoms with E-state index < -0.39 is 30.7 Å². The molecule has 0 unspecified atom stereocenters. The molecule has 0 saturated heterocycles. The lowest BCUT2D eigenvalue weighted by atomic mass is 10.0. The first-order chi connectivity index (χ1) is 20.9. The summed E-state index contributed by atoms with van der Waals surface area (Å²) >= 11 is 0. The number of aliphatic hydroxyl groups excluding tert-OH is 4. The van der Waals surface area contributed by atoms with E-state index in [2.05, 4.69) is 13.8 Å². The van der Waals surface area contributed by atoms with E-state index in [-0.39, 0.29) is 12.5 Å². The normalized spacial score (nSPS) is 13.6. The van der Waals surface area contributed by atoms with Crippen LogP contribution in [-0.4, -0.2) is 75.0 Å². The van der Waals surface area contributed by atoms with Crippen LogP contribution in [0.1, 0.15) is 181 Å². The van der Waals surface area contributed by atoms with Crippen LogP contribution in [0, 0.1) is 0 Å². The topological polar surface area (TPSA) is 118 Å². The van der Waals surface area contributed by atoms with Gasteiger partial charge in [0.2, 0.25) is 5.91 Å². The Bertz CT molecular complexity index is 631. The van der Waals surface area contributed by atoms with Crippen LogP contribution in [0.4, 0.5) is 0 Å². The molecule has 0 aliphatic rings. The molecule has 0 spiro atoms. The largest absolute Gasteiger partial charge is 0.394 e. The predicted octanol–water partition coefficient (Wildman–Crippen LogP) is 7.64. The van der Waals surface area contributed by atoms with Gasteiger partial charge in [0.1, 0.15) is 18.3 Å². The fourth-order valence-corrected chi connectivity index (χ4v) is 5.68. The number of nitrogens with zero attached hydrogens (tertiary/aromatic N) is 1. The van der Waals surface area contributed by atoms with Crippen LogP contribution < -0.4 is 0 Å². The van der Waals surface area contributed by atoms with E-state index in [1.165, 1.54) is 127 Å². The van der Waals surface area contributed by atoms with Crippen molar-refractivity contribution in [1.82, 2.24) is 4.90 Å². The Balaban J connectivity index is 4.29. The van der Waals surface area contributed by atoms with Gasteiger partial charge in [0.15, 0.2) is 5.78 Å². The maximum Gasteiger partial charge on any atom is 0.222 e. The molecule has 1 amide bonds. The number of hydrogen-bond donors (Lipinski definition) is 4. The summed E-state index contributed by atoms with van der Waals surface area (Å²) in [7, 11) is 0. The summed E-state index contributed by atoms with van der Waals surface area (Å²) in [6, 6.07) is 0. The number of ketones is 1. The molecule has 43 heavy (non-hydrogen) atoms. The van der Waals surface area contributed by atoms with Crippen molar-refractivity contribution in [2.24, 2.45) is 0 Å². The van der Waals surface area contributed by atoms with Crippen molar-refractivity contribution >= 4 is 11.7 Å². The number of rotatable bonds is 33. The van der Waals surface area contributed by atoms with E-state index in [1.54, 1.807) is 0 Å². The van der Waals surface area contributed by atoms with Crippen molar-refractivity contribution in [1.29, 1.82) is 0 Å². The maximum atomic E-state index is 13.0. The van der Waals surface area contributed by atoms with Gasteiger partial charge in [-0.25, -0.2) is 0 Å². The fourth-order valence-electron chi connectivity index (χ4n) is 5.68. The van der Waals surface area contributed by atoms with Crippen molar-refractivity contribution in [3.8, 4) is 0 Å². The van der Waals surface area contributed by atoms with Crippen LogP contribution in [0.5, 0.6) is 0 Å². The summed E-state index contributed by atoms with van der Waals surface area (Å²) in [4.78, 5) is 27.2. The number of Topliss-reactive ketones (excluding diaryl/α,β-unsaturated/α-hetero) is 1. The highest BCUT2D eigenvalue weighted by Crippen LogP contribution is 2.15. The van der Waals surface area contributed by atoms with E-state index in [9.17, 15) is 24.9 Å². The Morgan fingerprint density at radius 3 is 1.26 bits per heavy atom. The molecule has 0 bridgehead atoms. The quantitative estimate of drug-likeness (QED) is 0.0565. The summed E-state index contributed by atoms with van der Waals surface area (Å²) in [5, 5.41) is 38.7. The minimum atomic E-state index is -1.84. The van der Waals surface area contributed by atoms with Gasteiger partial charge in [0.25, 0.3) is 0 Å². The van der Waals surface area contributed by atoms with Gasteiger partial charge in [-0.1, -0.05) is 162 Å². The second-order valence-electron chi connectivity index (χ2n) is 12.8. The Hall–Kier alpha value is -1.02. The van der Waals surface area contributed by atoms with Crippen LogP contribution in [0.3, 0.4) is 0 Å².